The highest BCUT2D eigenvalue weighted by molar-refractivity contribution is 6.01. The van der Waals surface area contributed by atoms with E-state index in [9.17, 15) is 24.5 Å². The average molecular weight is 386 g/mol. The summed E-state index contributed by atoms with van der Waals surface area (Å²) < 4.78 is 5.31. The molecule has 3 N–H and O–H groups in total. The van der Waals surface area contributed by atoms with Crippen molar-refractivity contribution < 1.29 is 24.0 Å². The number of rotatable bonds is 6. The van der Waals surface area contributed by atoms with Crippen molar-refractivity contribution in [3.05, 3.63) is 69.8 Å². The Morgan fingerprint density at radius 3 is 2.32 bits per heavy atom. The molecule has 0 bridgehead atoms. The molecule has 0 heterocycles. The summed E-state index contributed by atoms with van der Waals surface area (Å²) in [5.74, 6) is -1.83. The summed E-state index contributed by atoms with van der Waals surface area (Å²) in [6.45, 7) is 0. The fourth-order valence-corrected chi connectivity index (χ4v) is 2.34. The Bertz CT molecular complexity index is 900. The van der Waals surface area contributed by atoms with E-state index in [1.807, 2.05) is 0 Å². The van der Waals surface area contributed by atoms with Gasteiger partial charge in [0.25, 0.3) is 11.6 Å². The second kappa shape index (κ2) is 9.12. The van der Waals surface area contributed by atoms with Crippen molar-refractivity contribution in [1.82, 2.24) is 10.6 Å². The topological polar surface area (TPSA) is 140 Å². The van der Waals surface area contributed by atoms with Crippen LogP contribution < -0.4 is 16.0 Å². The van der Waals surface area contributed by atoms with Crippen LogP contribution in [-0.2, 0) is 9.53 Å². The highest BCUT2D eigenvalue weighted by Crippen LogP contribution is 2.26. The minimum Gasteiger partial charge on any atom is -0.444 e. The number of urea groups is 1. The van der Waals surface area contributed by atoms with Crippen LogP contribution in [0.2, 0.25) is 0 Å². The zero-order valence-corrected chi connectivity index (χ0v) is 15.1. The minimum atomic E-state index is -1.44. The Kier molecular flexibility index (Phi) is 6.63. The van der Waals surface area contributed by atoms with Gasteiger partial charge in [-0.1, -0.05) is 30.3 Å². The lowest BCUT2D eigenvalue weighted by Gasteiger charge is -2.18. The lowest BCUT2D eigenvalue weighted by molar-refractivity contribution is -0.384. The number of nitro groups is 1. The van der Waals surface area contributed by atoms with Gasteiger partial charge in [0.2, 0.25) is 6.10 Å². The molecule has 10 nitrogen and oxygen atoms in total. The predicted molar refractivity (Wildman–Crippen MR) is 99.8 cm³/mol. The van der Waals surface area contributed by atoms with E-state index in [2.05, 4.69) is 16.0 Å². The molecule has 2 rings (SSSR count). The van der Waals surface area contributed by atoms with Gasteiger partial charge in [-0.15, -0.1) is 0 Å². The van der Waals surface area contributed by atoms with Gasteiger partial charge < -0.3 is 15.4 Å². The molecule has 0 saturated carbocycles. The van der Waals surface area contributed by atoms with Crippen LogP contribution in [0, 0.1) is 10.1 Å². The Morgan fingerprint density at radius 1 is 1.07 bits per heavy atom. The molecule has 0 aliphatic rings. The molecule has 0 aliphatic heterocycles. The van der Waals surface area contributed by atoms with E-state index in [4.69, 9.17) is 4.74 Å². The molecule has 10 heteroatoms. The molecule has 28 heavy (non-hydrogen) atoms. The van der Waals surface area contributed by atoms with E-state index in [-0.39, 0.29) is 16.9 Å². The van der Waals surface area contributed by atoms with Gasteiger partial charge in [0.15, 0.2) is 0 Å². The van der Waals surface area contributed by atoms with Crippen LogP contribution in [-0.4, -0.2) is 36.9 Å². The molecule has 2 aromatic rings. The number of hydrogen-bond donors (Lipinski definition) is 3. The van der Waals surface area contributed by atoms with Crippen LogP contribution >= 0.6 is 0 Å². The Morgan fingerprint density at radius 2 is 1.75 bits per heavy atom. The largest absolute Gasteiger partial charge is 0.444 e. The second-order valence-electron chi connectivity index (χ2n) is 5.50. The van der Waals surface area contributed by atoms with Crippen LogP contribution in [0.5, 0.6) is 0 Å². The van der Waals surface area contributed by atoms with Gasteiger partial charge in [-0.2, -0.15) is 0 Å². The number of carbonyl (C=O) groups is 3. The third-order valence-electron chi connectivity index (χ3n) is 3.73. The number of amides is 3. The summed E-state index contributed by atoms with van der Waals surface area (Å²) in [7, 11) is 2.86. The summed E-state index contributed by atoms with van der Waals surface area (Å²) >= 11 is 0. The number of benzene rings is 2. The third kappa shape index (κ3) is 4.81. The molecule has 146 valence electrons. The quantitative estimate of drug-likeness (QED) is 0.392. The molecular weight excluding hydrogens is 368 g/mol. The zero-order valence-electron chi connectivity index (χ0n) is 15.1. The molecule has 0 unspecified atom stereocenters. The van der Waals surface area contributed by atoms with Gasteiger partial charge in [-0.05, 0) is 6.07 Å². The number of imide groups is 1. The van der Waals surface area contributed by atoms with Gasteiger partial charge in [-0.3, -0.25) is 20.2 Å². The van der Waals surface area contributed by atoms with Crippen molar-refractivity contribution >= 4 is 29.3 Å². The van der Waals surface area contributed by atoms with Crippen molar-refractivity contribution in [2.75, 3.05) is 19.4 Å². The van der Waals surface area contributed by atoms with Crippen molar-refractivity contribution in [3.63, 3.8) is 0 Å². The molecule has 1 atom stereocenters. The van der Waals surface area contributed by atoms with Gasteiger partial charge >= 0.3 is 12.0 Å². The maximum absolute atomic E-state index is 12.7. The SMILES string of the molecule is CNC(=O)NC(=O)[C@H](OC(=O)c1cc([N+](=O)[O-])ccc1NC)c1ccccc1. The van der Waals surface area contributed by atoms with Crippen molar-refractivity contribution in [1.29, 1.82) is 0 Å². The fourth-order valence-electron chi connectivity index (χ4n) is 2.34. The minimum absolute atomic E-state index is 0.120. The van der Waals surface area contributed by atoms with E-state index in [1.165, 1.54) is 26.2 Å². The maximum atomic E-state index is 12.7. The van der Waals surface area contributed by atoms with Crippen LogP contribution in [0.25, 0.3) is 0 Å². The van der Waals surface area contributed by atoms with E-state index in [0.29, 0.717) is 5.56 Å². The summed E-state index contributed by atoms with van der Waals surface area (Å²) in [6.07, 6.45) is -1.44. The van der Waals surface area contributed by atoms with E-state index in [0.717, 1.165) is 6.07 Å². The first kappa shape index (κ1) is 20.4. The summed E-state index contributed by atoms with van der Waals surface area (Å²) in [6, 6.07) is 10.9. The highest BCUT2D eigenvalue weighted by atomic mass is 16.6. The standard InChI is InChI=1S/C18H18N4O6/c1-19-14-9-8-12(22(26)27)10-13(14)17(24)28-15(11-6-4-3-5-7-11)16(23)21-18(25)20-2/h3-10,15,19H,1-2H3,(H2,20,21,23,25)/t15-/m1/s1. The normalized spacial score (nSPS) is 11.1. The Labute approximate surface area is 160 Å². The number of anilines is 1. The second-order valence-corrected chi connectivity index (χ2v) is 5.50. The van der Waals surface area contributed by atoms with E-state index >= 15 is 0 Å². The Hall–Kier alpha value is -3.95. The van der Waals surface area contributed by atoms with Gasteiger partial charge in [0, 0.05) is 37.5 Å². The van der Waals surface area contributed by atoms with Gasteiger partial charge in [0.1, 0.15) is 0 Å². The number of esters is 1. The summed E-state index contributed by atoms with van der Waals surface area (Å²) in [4.78, 5) is 46.9. The lowest BCUT2D eigenvalue weighted by atomic mass is 10.1. The lowest BCUT2D eigenvalue weighted by Crippen LogP contribution is -2.41. The third-order valence-corrected chi connectivity index (χ3v) is 3.73. The monoisotopic (exact) mass is 386 g/mol. The average Bonchev–Trinajstić information content (AvgIpc) is 2.71. The number of carbonyl (C=O) groups excluding carboxylic acids is 3. The number of ether oxygens (including phenoxy) is 1. The first-order chi connectivity index (χ1) is 13.4. The highest BCUT2D eigenvalue weighted by Gasteiger charge is 2.28. The van der Waals surface area contributed by atoms with E-state index < -0.39 is 28.9 Å². The van der Waals surface area contributed by atoms with Crippen LogP contribution in [0.4, 0.5) is 16.2 Å². The first-order valence-corrected chi connectivity index (χ1v) is 8.12. The van der Waals surface area contributed by atoms with Crippen molar-refractivity contribution in [3.8, 4) is 0 Å². The van der Waals surface area contributed by atoms with Gasteiger partial charge in [0.05, 0.1) is 10.5 Å². The number of nitrogens with one attached hydrogen (secondary N) is 3. The van der Waals surface area contributed by atoms with Gasteiger partial charge in [-0.25, -0.2) is 9.59 Å². The fraction of sp³-hybridized carbons (Fsp3) is 0.167. The first-order valence-electron chi connectivity index (χ1n) is 8.12. The summed E-state index contributed by atoms with van der Waals surface area (Å²) in [5, 5.41) is 18.0. The van der Waals surface area contributed by atoms with Crippen molar-refractivity contribution in [2.45, 2.75) is 6.10 Å². The molecule has 2 aromatic carbocycles. The molecule has 0 aromatic heterocycles. The molecule has 0 spiro atoms. The molecule has 0 aliphatic carbocycles. The molecule has 0 radical (unpaired) electrons. The Balaban J connectivity index is 2.37. The number of hydrogen-bond acceptors (Lipinski definition) is 7. The molecule has 0 fully saturated rings. The smallest absolute Gasteiger partial charge is 0.341 e. The summed E-state index contributed by atoms with van der Waals surface area (Å²) in [5.41, 5.74) is 0.185. The number of nitro benzene ring substituents is 1. The predicted octanol–water partition coefficient (Wildman–Crippen LogP) is 1.99. The van der Waals surface area contributed by atoms with Crippen LogP contribution in [0.1, 0.15) is 22.0 Å². The number of non-ortho nitro benzene ring substituents is 1. The molecule has 3 amide bonds. The van der Waals surface area contributed by atoms with Crippen molar-refractivity contribution in [2.24, 2.45) is 0 Å². The zero-order chi connectivity index (χ0) is 20.7. The van der Waals surface area contributed by atoms with Crippen LogP contribution in [0.3, 0.4) is 0 Å². The number of nitrogens with zero attached hydrogens (tertiary/aromatic N) is 1. The van der Waals surface area contributed by atoms with Crippen LogP contribution in [0.15, 0.2) is 48.5 Å². The molecular formula is C18H18N4O6. The van der Waals surface area contributed by atoms with E-state index in [1.54, 1.807) is 30.3 Å². The molecule has 0 saturated heterocycles. The maximum Gasteiger partial charge on any atom is 0.341 e.